The number of fused-ring (bicyclic) bond motifs is 1. The number of aliphatic hydroxyl groups is 4. The van der Waals surface area contributed by atoms with Crippen molar-refractivity contribution in [3.8, 4) is 16.9 Å². The van der Waals surface area contributed by atoms with Crippen LogP contribution in [0.15, 0.2) is 60.7 Å². The van der Waals surface area contributed by atoms with Gasteiger partial charge in [-0.05, 0) is 34.2 Å². The van der Waals surface area contributed by atoms with Crippen molar-refractivity contribution in [2.45, 2.75) is 36.9 Å². The van der Waals surface area contributed by atoms with E-state index in [9.17, 15) is 25.5 Å². The van der Waals surface area contributed by atoms with E-state index < -0.39 is 37.1 Å². The van der Waals surface area contributed by atoms with Gasteiger partial charge in [0.2, 0.25) is 0 Å². The summed E-state index contributed by atoms with van der Waals surface area (Å²) in [7, 11) is 0. The van der Waals surface area contributed by atoms with E-state index in [1.165, 1.54) is 6.07 Å². The molecule has 0 bridgehead atoms. The number of benzene rings is 1. The Labute approximate surface area is 186 Å². The zero-order valence-corrected chi connectivity index (χ0v) is 16.7. The summed E-state index contributed by atoms with van der Waals surface area (Å²) in [6.07, 6.45) is -6.04. The summed E-state index contributed by atoms with van der Waals surface area (Å²) in [5.74, 6) is -0.335. The summed E-state index contributed by atoms with van der Waals surface area (Å²) >= 11 is 0. The second kappa shape index (κ2) is 9.50. The topological polar surface area (TPSA) is 113 Å². The van der Waals surface area contributed by atoms with Gasteiger partial charge in [-0.1, -0.05) is 60.7 Å². The minimum Gasteiger partial charge on any atom is -0.872 e. The van der Waals surface area contributed by atoms with Gasteiger partial charge in [-0.25, -0.2) is 0 Å². The van der Waals surface area contributed by atoms with Gasteiger partial charge in [-0.3, -0.25) is 0 Å². The quantitative estimate of drug-likeness (QED) is 0.375. The monoisotopic (exact) mass is 402 g/mol. The molecule has 1 fully saturated rings. The van der Waals surface area contributed by atoms with E-state index in [2.05, 4.69) is 12.1 Å². The van der Waals surface area contributed by atoms with Crippen LogP contribution in [-0.4, -0.2) is 51.4 Å². The molecule has 30 heavy (non-hydrogen) atoms. The molecular weight excluding hydrogens is 379 g/mol. The van der Waals surface area contributed by atoms with Crippen LogP contribution in [0.5, 0.6) is 5.75 Å². The molecule has 1 aromatic rings. The Morgan fingerprint density at radius 1 is 0.800 bits per heavy atom. The maximum atomic E-state index is 12.4. The van der Waals surface area contributed by atoms with Gasteiger partial charge in [0.05, 0.1) is 6.61 Å². The molecule has 4 rings (SSSR count). The third-order valence-electron chi connectivity index (χ3n) is 5.47. The van der Waals surface area contributed by atoms with Crippen LogP contribution in [0.25, 0.3) is 11.1 Å². The van der Waals surface area contributed by atoms with E-state index >= 15 is 0 Å². The standard InChI is InChI=1S/C23H24O6.Li/c24-12-19-20(26)21(27)22(28)23(29-19)17-11-13(6-7-18(17)25)8-14-9-15-4-2-1-3-5-16(15)10-14;/h1-7,9-11,19-28H,8,12H2;/q;+1/p-1/t19-,20-,21+,22-,23+;/m1./s1. The predicted octanol–water partition coefficient (Wildman–Crippen LogP) is -2.03. The van der Waals surface area contributed by atoms with E-state index in [1.807, 2.05) is 30.3 Å². The summed E-state index contributed by atoms with van der Waals surface area (Å²) in [4.78, 5) is 0. The number of aliphatic hydroxyl groups excluding tert-OH is 4. The van der Waals surface area contributed by atoms with Crippen molar-refractivity contribution in [1.29, 1.82) is 0 Å². The second-order valence-electron chi connectivity index (χ2n) is 7.48. The Hall–Kier alpha value is -1.88. The van der Waals surface area contributed by atoms with Crippen molar-refractivity contribution in [2.75, 3.05) is 6.61 Å². The van der Waals surface area contributed by atoms with E-state index in [-0.39, 0.29) is 30.2 Å². The molecule has 2 aliphatic carbocycles. The summed E-state index contributed by atoms with van der Waals surface area (Å²) in [5, 5.41) is 52.1. The first-order chi connectivity index (χ1) is 14.0. The molecule has 1 saturated heterocycles. The van der Waals surface area contributed by atoms with Crippen LogP contribution in [0.1, 0.15) is 22.8 Å². The molecular formula is C23H23LiO6. The normalized spacial score (nSPS) is 26.3. The van der Waals surface area contributed by atoms with Crippen LogP contribution < -0.4 is 24.0 Å². The fraction of sp³-hybridized carbons (Fsp3) is 0.304. The van der Waals surface area contributed by atoms with Crippen LogP contribution >= 0.6 is 0 Å². The molecule has 152 valence electrons. The molecule has 5 atom stereocenters. The van der Waals surface area contributed by atoms with Crippen LogP contribution in [0, 0.1) is 0 Å². The van der Waals surface area contributed by atoms with Crippen LogP contribution in [0.3, 0.4) is 0 Å². The van der Waals surface area contributed by atoms with Crippen LogP contribution in [-0.2, 0) is 11.2 Å². The maximum Gasteiger partial charge on any atom is 1.00 e. The van der Waals surface area contributed by atoms with Gasteiger partial charge < -0.3 is 30.3 Å². The average molecular weight is 402 g/mol. The third-order valence-corrected chi connectivity index (χ3v) is 5.47. The van der Waals surface area contributed by atoms with Crippen molar-refractivity contribution in [3.05, 3.63) is 77.4 Å². The number of hydrogen-bond donors (Lipinski definition) is 4. The van der Waals surface area contributed by atoms with Crippen molar-refractivity contribution in [2.24, 2.45) is 0 Å². The van der Waals surface area contributed by atoms with E-state index in [1.54, 1.807) is 12.1 Å². The molecule has 1 aromatic carbocycles. The molecule has 0 spiro atoms. The Kier molecular flexibility index (Phi) is 7.22. The number of hydrogen-bond acceptors (Lipinski definition) is 6. The molecule has 3 aliphatic rings. The van der Waals surface area contributed by atoms with Gasteiger partial charge in [0.15, 0.2) is 0 Å². The molecule has 0 saturated carbocycles. The molecule has 4 N–H and O–H groups in total. The first-order valence-electron chi connectivity index (χ1n) is 9.56. The summed E-state index contributed by atoms with van der Waals surface area (Å²) < 4.78 is 5.55. The Bertz CT molecular complexity index is 931. The smallest absolute Gasteiger partial charge is 0.872 e. The molecule has 1 heterocycles. The summed E-state index contributed by atoms with van der Waals surface area (Å²) in [6.45, 7) is -0.535. The number of ether oxygens (including phenoxy) is 1. The number of rotatable bonds is 4. The Morgan fingerprint density at radius 2 is 1.47 bits per heavy atom. The van der Waals surface area contributed by atoms with Crippen molar-refractivity contribution < 1.29 is 49.1 Å². The van der Waals surface area contributed by atoms with Crippen LogP contribution in [0.2, 0.25) is 0 Å². The third kappa shape index (κ3) is 4.41. The fourth-order valence-electron chi connectivity index (χ4n) is 3.91. The average Bonchev–Trinajstić information content (AvgIpc) is 2.96. The second-order valence-corrected chi connectivity index (χ2v) is 7.48. The first-order valence-corrected chi connectivity index (χ1v) is 9.56. The van der Waals surface area contributed by atoms with Crippen molar-refractivity contribution >= 4 is 0 Å². The van der Waals surface area contributed by atoms with Gasteiger partial charge in [0.1, 0.15) is 30.5 Å². The maximum absolute atomic E-state index is 12.4. The molecule has 0 aromatic heterocycles. The zero-order chi connectivity index (χ0) is 20.5. The van der Waals surface area contributed by atoms with Gasteiger partial charge in [0, 0.05) is 0 Å². The Morgan fingerprint density at radius 3 is 2.10 bits per heavy atom. The van der Waals surface area contributed by atoms with Crippen molar-refractivity contribution in [3.63, 3.8) is 0 Å². The SMILES string of the molecule is [Li+].[O-]c1ccc(Cc2cc3cccccc-3c2)cc1[C@@H]1O[C@H](CO)[C@@H](O)[C@H](O)[C@H]1O. The van der Waals surface area contributed by atoms with Gasteiger partial charge in [0.25, 0.3) is 0 Å². The van der Waals surface area contributed by atoms with Gasteiger partial charge in [-0.15, -0.1) is 5.75 Å². The van der Waals surface area contributed by atoms with Crippen LogP contribution in [0.4, 0.5) is 0 Å². The predicted molar refractivity (Wildman–Crippen MR) is 104 cm³/mol. The molecule has 1 aliphatic heterocycles. The molecule has 0 radical (unpaired) electrons. The van der Waals surface area contributed by atoms with Gasteiger partial charge in [-0.2, -0.15) is 0 Å². The molecule has 0 amide bonds. The summed E-state index contributed by atoms with van der Waals surface area (Å²) in [5.41, 5.74) is 4.39. The minimum atomic E-state index is -1.52. The first kappa shape index (κ1) is 22.8. The largest absolute Gasteiger partial charge is 1.00 e. The van der Waals surface area contributed by atoms with E-state index in [0.29, 0.717) is 6.42 Å². The Balaban J connectivity index is 0.00000256. The summed E-state index contributed by atoms with van der Waals surface area (Å²) in [6, 6.07) is 19.0. The molecule has 7 heteroatoms. The van der Waals surface area contributed by atoms with E-state index in [4.69, 9.17) is 4.74 Å². The van der Waals surface area contributed by atoms with Gasteiger partial charge >= 0.3 is 18.9 Å². The van der Waals surface area contributed by atoms with Crippen molar-refractivity contribution in [1.82, 2.24) is 0 Å². The molecule has 6 nitrogen and oxygen atoms in total. The zero-order valence-electron chi connectivity index (χ0n) is 16.7. The molecule has 0 unspecified atom stereocenters. The fourth-order valence-corrected chi connectivity index (χ4v) is 3.91. The van der Waals surface area contributed by atoms with E-state index in [0.717, 1.165) is 22.3 Å². The minimum absolute atomic E-state index is 0.